The summed E-state index contributed by atoms with van der Waals surface area (Å²) in [6.45, 7) is 2.52. The zero-order chi connectivity index (χ0) is 14.4. The average Bonchev–Trinajstić information content (AvgIpc) is 2.46. The van der Waals surface area contributed by atoms with Gasteiger partial charge in [-0.15, -0.1) is 0 Å². The number of benzene rings is 1. The van der Waals surface area contributed by atoms with E-state index < -0.39 is 0 Å². The molecule has 1 aromatic heterocycles. The molecular weight excluding hydrogens is 272 g/mol. The van der Waals surface area contributed by atoms with Gasteiger partial charge in [0.05, 0.1) is 0 Å². The lowest BCUT2D eigenvalue weighted by molar-refractivity contribution is 0.0947. The predicted molar refractivity (Wildman–Crippen MR) is 81.1 cm³/mol. The molecule has 0 radical (unpaired) electrons. The summed E-state index contributed by atoms with van der Waals surface area (Å²) in [6, 6.07) is 11.5. The van der Waals surface area contributed by atoms with E-state index in [1.807, 2.05) is 43.3 Å². The molecule has 20 heavy (non-hydrogen) atoms. The summed E-state index contributed by atoms with van der Waals surface area (Å²) in [7, 11) is 0. The first-order chi connectivity index (χ1) is 9.66. The topological polar surface area (TPSA) is 42.0 Å². The zero-order valence-corrected chi connectivity index (χ0v) is 12.2. The molecule has 2 aromatic rings. The number of carbonyl (C=O) groups excluding carboxylic acids is 1. The van der Waals surface area contributed by atoms with Crippen LogP contribution in [0.25, 0.3) is 0 Å². The van der Waals surface area contributed by atoms with Crippen LogP contribution >= 0.6 is 11.6 Å². The van der Waals surface area contributed by atoms with Gasteiger partial charge in [0.15, 0.2) is 0 Å². The van der Waals surface area contributed by atoms with Gasteiger partial charge < -0.3 is 5.32 Å². The minimum atomic E-state index is -0.112. The second-order valence-corrected chi connectivity index (χ2v) is 5.09. The zero-order valence-electron chi connectivity index (χ0n) is 11.4. The van der Waals surface area contributed by atoms with E-state index in [0.29, 0.717) is 12.2 Å². The lowest BCUT2D eigenvalue weighted by Gasteiger charge is -2.06. The molecule has 3 nitrogen and oxygen atoms in total. The molecule has 104 valence electrons. The third-order valence-corrected chi connectivity index (χ3v) is 3.32. The van der Waals surface area contributed by atoms with Crippen LogP contribution in [0, 0.1) is 6.92 Å². The Bertz CT molecular complexity index is 581. The van der Waals surface area contributed by atoms with Gasteiger partial charge in [0.2, 0.25) is 0 Å². The van der Waals surface area contributed by atoms with Gasteiger partial charge in [-0.2, -0.15) is 0 Å². The van der Waals surface area contributed by atoms with Crippen molar-refractivity contribution in [2.45, 2.75) is 19.8 Å². The summed E-state index contributed by atoms with van der Waals surface area (Å²) >= 11 is 5.83. The van der Waals surface area contributed by atoms with Gasteiger partial charge in [0.1, 0.15) is 5.69 Å². The van der Waals surface area contributed by atoms with E-state index in [2.05, 4.69) is 10.3 Å². The fraction of sp³-hybridized carbons (Fsp3) is 0.250. The van der Waals surface area contributed by atoms with Crippen molar-refractivity contribution in [2.75, 3.05) is 6.54 Å². The minimum absolute atomic E-state index is 0.112. The van der Waals surface area contributed by atoms with Crippen LogP contribution in [-0.4, -0.2) is 17.4 Å². The summed E-state index contributed by atoms with van der Waals surface area (Å²) in [4.78, 5) is 16.0. The van der Waals surface area contributed by atoms with Crippen LogP contribution in [0.5, 0.6) is 0 Å². The normalized spacial score (nSPS) is 10.3. The maximum atomic E-state index is 11.9. The summed E-state index contributed by atoms with van der Waals surface area (Å²) in [6.07, 6.45) is 3.44. The molecule has 1 N–H and O–H groups in total. The van der Waals surface area contributed by atoms with Crippen LogP contribution in [0.1, 0.15) is 28.0 Å². The van der Waals surface area contributed by atoms with Gasteiger partial charge in [-0.05, 0) is 49.1 Å². The van der Waals surface area contributed by atoms with Crippen molar-refractivity contribution in [3.63, 3.8) is 0 Å². The molecular formula is C16H17ClN2O. The Morgan fingerprint density at radius 3 is 2.70 bits per heavy atom. The highest BCUT2D eigenvalue weighted by Crippen LogP contribution is 2.10. The molecule has 1 heterocycles. The van der Waals surface area contributed by atoms with E-state index in [9.17, 15) is 4.79 Å². The number of rotatable bonds is 5. The molecule has 2 rings (SSSR count). The van der Waals surface area contributed by atoms with Crippen LogP contribution in [0.15, 0.2) is 42.6 Å². The largest absolute Gasteiger partial charge is 0.351 e. The van der Waals surface area contributed by atoms with Crippen molar-refractivity contribution >= 4 is 17.5 Å². The molecule has 4 heteroatoms. The second-order valence-electron chi connectivity index (χ2n) is 4.65. The first kappa shape index (κ1) is 14.5. The fourth-order valence-electron chi connectivity index (χ4n) is 1.95. The first-order valence-corrected chi connectivity index (χ1v) is 6.99. The molecule has 0 aliphatic heterocycles. The van der Waals surface area contributed by atoms with Crippen LogP contribution in [0.3, 0.4) is 0 Å². The lowest BCUT2D eigenvalue weighted by atomic mass is 10.1. The van der Waals surface area contributed by atoms with Crippen LogP contribution in [0.4, 0.5) is 0 Å². The number of nitrogens with one attached hydrogen (secondary N) is 1. The monoisotopic (exact) mass is 288 g/mol. The Labute approximate surface area is 124 Å². The third-order valence-electron chi connectivity index (χ3n) is 3.07. The smallest absolute Gasteiger partial charge is 0.270 e. The first-order valence-electron chi connectivity index (χ1n) is 6.61. The Hall–Kier alpha value is -1.87. The van der Waals surface area contributed by atoms with Crippen molar-refractivity contribution in [2.24, 2.45) is 0 Å². The van der Waals surface area contributed by atoms with E-state index in [0.717, 1.165) is 23.4 Å². The van der Waals surface area contributed by atoms with Crippen LogP contribution in [-0.2, 0) is 6.42 Å². The molecule has 0 unspecified atom stereocenters. The molecule has 0 atom stereocenters. The molecule has 1 amide bonds. The van der Waals surface area contributed by atoms with Crippen LogP contribution < -0.4 is 5.32 Å². The highest BCUT2D eigenvalue weighted by molar-refractivity contribution is 6.30. The van der Waals surface area contributed by atoms with E-state index in [1.165, 1.54) is 5.56 Å². The second kappa shape index (κ2) is 7.06. The maximum absolute atomic E-state index is 11.9. The Kier molecular flexibility index (Phi) is 5.13. The number of carbonyl (C=O) groups is 1. The molecule has 0 aliphatic carbocycles. The van der Waals surface area contributed by atoms with E-state index in [4.69, 9.17) is 11.6 Å². The van der Waals surface area contributed by atoms with Crippen molar-refractivity contribution in [1.29, 1.82) is 0 Å². The quantitative estimate of drug-likeness (QED) is 0.857. The van der Waals surface area contributed by atoms with Gasteiger partial charge >= 0.3 is 0 Å². The van der Waals surface area contributed by atoms with E-state index >= 15 is 0 Å². The number of hydrogen-bond donors (Lipinski definition) is 1. The molecule has 0 fully saturated rings. The molecule has 0 aliphatic rings. The SMILES string of the molecule is Cc1cccnc1C(=O)NCCCc1ccc(Cl)cc1. The standard InChI is InChI=1S/C16H17ClN2O/c1-12-4-2-10-18-15(12)16(20)19-11-3-5-13-6-8-14(17)9-7-13/h2,4,6-10H,3,5,11H2,1H3,(H,19,20). The van der Waals surface area contributed by atoms with Gasteiger partial charge in [-0.3, -0.25) is 9.78 Å². The van der Waals surface area contributed by atoms with Crippen LogP contribution in [0.2, 0.25) is 5.02 Å². The van der Waals surface area contributed by atoms with Crippen molar-refractivity contribution in [3.8, 4) is 0 Å². The fourth-order valence-corrected chi connectivity index (χ4v) is 2.08. The summed E-state index contributed by atoms with van der Waals surface area (Å²) in [5, 5.41) is 3.64. The van der Waals surface area contributed by atoms with Gasteiger partial charge in [0, 0.05) is 17.8 Å². The Morgan fingerprint density at radius 2 is 2.00 bits per heavy atom. The number of halogens is 1. The van der Waals surface area contributed by atoms with E-state index in [-0.39, 0.29) is 5.91 Å². The number of nitrogens with zero attached hydrogens (tertiary/aromatic N) is 1. The minimum Gasteiger partial charge on any atom is -0.351 e. The predicted octanol–water partition coefficient (Wildman–Crippen LogP) is 3.41. The van der Waals surface area contributed by atoms with E-state index in [1.54, 1.807) is 6.20 Å². The number of amides is 1. The van der Waals surface area contributed by atoms with Gasteiger partial charge in [0.25, 0.3) is 5.91 Å². The molecule has 1 aromatic carbocycles. The highest BCUT2D eigenvalue weighted by Gasteiger charge is 2.08. The summed E-state index contributed by atoms with van der Waals surface area (Å²) in [5.74, 6) is -0.112. The summed E-state index contributed by atoms with van der Waals surface area (Å²) in [5.41, 5.74) is 2.61. The molecule has 0 spiro atoms. The molecule has 0 saturated heterocycles. The molecule has 0 bridgehead atoms. The lowest BCUT2D eigenvalue weighted by Crippen LogP contribution is -2.26. The van der Waals surface area contributed by atoms with Crippen molar-refractivity contribution < 1.29 is 4.79 Å². The summed E-state index contributed by atoms with van der Waals surface area (Å²) < 4.78 is 0. The third kappa shape index (κ3) is 4.07. The number of aromatic nitrogens is 1. The Morgan fingerprint density at radius 1 is 1.25 bits per heavy atom. The van der Waals surface area contributed by atoms with Gasteiger partial charge in [-0.25, -0.2) is 0 Å². The number of pyridine rings is 1. The van der Waals surface area contributed by atoms with Crippen molar-refractivity contribution in [3.05, 3.63) is 64.4 Å². The van der Waals surface area contributed by atoms with Crippen molar-refractivity contribution in [1.82, 2.24) is 10.3 Å². The Balaban J connectivity index is 1.77. The van der Waals surface area contributed by atoms with Gasteiger partial charge in [-0.1, -0.05) is 29.8 Å². The highest BCUT2D eigenvalue weighted by atomic mass is 35.5. The maximum Gasteiger partial charge on any atom is 0.270 e. The molecule has 0 saturated carbocycles. The average molecular weight is 289 g/mol. The number of hydrogen-bond acceptors (Lipinski definition) is 2. The number of aryl methyl sites for hydroxylation is 2.